The quantitative estimate of drug-likeness (QED) is 0.656. The molecule has 0 aromatic rings. The molecule has 0 radical (unpaired) electrons. The fourth-order valence-electron chi connectivity index (χ4n) is 1.24. The van der Waals surface area contributed by atoms with E-state index < -0.39 is 8.32 Å². The van der Waals surface area contributed by atoms with Crippen molar-refractivity contribution in [3.05, 3.63) is 0 Å². The van der Waals surface area contributed by atoms with Gasteiger partial charge in [0.15, 0.2) is 14.1 Å². The average Bonchev–Trinajstić information content (AvgIpc) is 2.11. The normalized spacial score (nSPS) is 14.9. The lowest BCUT2D eigenvalue weighted by Gasteiger charge is -2.38. The molecule has 3 heteroatoms. The van der Waals surface area contributed by atoms with Crippen LogP contribution in [0.3, 0.4) is 0 Å². The second-order valence-electron chi connectivity index (χ2n) is 6.09. The third-order valence-corrected chi connectivity index (χ3v) is 8.06. The molecule has 0 aromatic heterocycles. The summed E-state index contributed by atoms with van der Waals surface area (Å²) >= 11 is 0. The maximum absolute atomic E-state index is 11.8. The van der Waals surface area contributed by atoms with E-state index in [2.05, 4.69) is 40.8 Å². The summed E-state index contributed by atoms with van der Waals surface area (Å²) in [5.74, 6) is 0.256. The minimum absolute atomic E-state index is 0.173. The van der Waals surface area contributed by atoms with Crippen LogP contribution in [0.1, 0.15) is 53.9 Å². The van der Waals surface area contributed by atoms with Gasteiger partial charge in [0.1, 0.15) is 6.10 Å². The molecule has 0 aliphatic heterocycles. The van der Waals surface area contributed by atoms with E-state index in [1.165, 1.54) is 0 Å². The van der Waals surface area contributed by atoms with Gasteiger partial charge in [0.05, 0.1) is 0 Å². The smallest absolute Gasteiger partial charge is 0.193 e. The molecule has 0 saturated carbocycles. The molecule has 16 heavy (non-hydrogen) atoms. The summed E-state index contributed by atoms with van der Waals surface area (Å²) in [6.07, 6.45) is 2.47. The van der Waals surface area contributed by atoms with Gasteiger partial charge in [-0.3, -0.25) is 4.79 Å². The first-order valence-electron chi connectivity index (χ1n) is 6.32. The number of ketones is 1. The number of hydrogen-bond acceptors (Lipinski definition) is 2. The molecule has 0 heterocycles. The number of carbonyl (C=O) groups excluding carboxylic acids is 1. The van der Waals surface area contributed by atoms with Crippen LogP contribution in [-0.4, -0.2) is 20.2 Å². The van der Waals surface area contributed by atoms with Crippen LogP contribution in [0, 0.1) is 0 Å². The van der Waals surface area contributed by atoms with Crippen molar-refractivity contribution in [3.63, 3.8) is 0 Å². The highest BCUT2D eigenvalue weighted by atomic mass is 28.4. The van der Waals surface area contributed by atoms with Gasteiger partial charge in [0.2, 0.25) is 0 Å². The summed E-state index contributed by atoms with van der Waals surface area (Å²) in [7, 11) is -1.79. The monoisotopic (exact) mass is 244 g/mol. The van der Waals surface area contributed by atoms with E-state index in [4.69, 9.17) is 4.43 Å². The van der Waals surface area contributed by atoms with Gasteiger partial charge >= 0.3 is 0 Å². The molecule has 0 saturated heterocycles. The summed E-state index contributed by atoms with van der Waals surface area (Å²) in [6, 6.07) is 0. The second-order valence-corrected chi connectivity index (χ2v) is 10.8. The Hall–Kier alpha value is -0.153. The van der Waals surface area contributed by atoms with E-state index in [0.29, 0.717) is 6.42 Å². The predicted octanol–water partition coefficient (Wildman–Crippen LogP) is 4.16. The van der Waals surface area contributed by atoms with Crippen LogP contribution in [0.2, 0.25) is 18.1 Å². The molecule has 1 atom stereocenters. The Morgan fingerprint density at radius 2 is 1.81 bits per heavy atom. The zero-order valence-corrected chi connectivity index (χ0v) is 13.0. The van der Waals surface area contributed by atoms with Gasteiger partial charge in [-0.15, -0.1) is 0 Å². The van der Waals surface area contributed by atoms with Gasteiger partial charge in [-0.05, 0) is 31.5 Å². The molecule has 0 unspecified atom stereocenters. The van der Waals surface area contributed by atoms with Crippen LogP contribution in [-0.2, 0) is 9.22 Å². The molecule has 0 bridgehead atoms. The number of rotatable bonds is 6. The SMILES string of the molecule is CCCCC(=O)[C@H](C)O[Si](C)(C)C(C)(C)C. The number of Topliss-reactive ketones (excluding diaryl/α,β-unsaturated/α-hetero) is 1. The van der Waals surface area contributed by atoms with Crippen molar-refractivity contribution < 1.29 is 9.22 Å². The number of hydrogen-bond donors (Lipinski definition) is 0. The highest BCUT2D eigenvalue weighted by Crippen LogP contribution is 2.37. The predicted molar refractivity (Wildman–Crippen MR) is 72.3 cm³/mol. The molecule has 0 aliphatic rings. The topological polar surface area (TPSA) is 26.3 Å². The van der Waals surface area contributed by atoms with Crippen molar-refractivity contribution in [2.24, 2.45) is 0 Å². The van der Waals surface area contributed by atoms with Crippen LogP contribution < -0.4 is 0 Å². The van der Waals surface area contributed by atoms with Crippen LogP contribution in [0.15, 0.2) is 0 Å². The zero-order valence-electron chi connectivity index (χ0n) is 12.0. The largest absolute Gasteiger partial charge is 0.407 e. The molecule has 0 N–H and O–H groups in total. The van der Waals surface area contributed by atoms with Crippen molar-refractivity contribution >= 4 is 14.1 Å². The Labute approximate surface area is 102 Å². The summed E-state index contributed by atoms with van der Waals surface area (Å²) in [5.41, 5.74) is 0. The Morgan fingerprint density at radius 3 is 2.19 bits per heavy atom. The fraction of sp³-hybridized carbons (Fsp3) is 0.923. The van der Waals surface area contributed by atoms with E-state index in [1.54, 1.807) is 0 Å². The Bertz CT molecular complexity index is 229. The lowest BCUT2D eigenvalue weighted by atomic mass is 10.1. The Kier molecular flexibility index (Phi) is 5.91. The molecule has 0 spiro atoms. The van der Waals surface area contributed by atoms with Gasteiger partial charge in [0.25, 0.3) is 0 Å². The van der Waals surface area contributed by atoms with Crippen molar-refractivity contribution in [2.45, 2.75) is 78.1 Å². The number of unbranched alkanes of at least 4 members (excludes halogenated alkanes) is 1. The number of carbonyl (C=O) groups is 1. The molecule has 96 valence electrons. The molecule has 0 aliphatic carbocycles. The van der Waals surface area contributed by atoms with Crippen molar-refractivity contribution in [2.75, 3.05) is 0 Å². The first kappa shape index (κ1) is 15.8. The maximum atomic E-state index is 11.8. The fourth-order valence-corrected chi connectivity index (χ4v) is 2.61. The average molecular weight is 244 g/mol. The van der Waals surface area contributed by atoms with Crippen LogP contribution >= 0.6 is 0 Å². The van der Waals surface area contributed by atoms with E-state index >= 15 is 0 Å². The van der Waals surface area contributed by atoms with E-state index in [-0.39, 0.29) is 16.9 Å². The molecule has 0 rings (SSSR count). The van der Waals surface area contributed by atoms with Crippen LogP contribution in [0.5, 0.6) is 0 Å². The zero-order chi connectivity index (χ0) is 13.0. The lowest BCUT2D eigenvalue weighted by Crippen LogP contribution is -2.45. The van der Waals surface area contributed by atoms with Crippen LogP contribution in [0.25, 0.3) is 0 Å². The molecule has 0 aromatic carbocycles. The van der Waals surface area contributed by atoms with Gasteiger partial charge in [-0.25, -0.2) is 0 Å². The van der Waals surface area contributed by atoms with Gasteiger partial charge < -0.3 is 4.43 Å². The van der Waals surface area contributed by atoms with E-state index in [0.717, 1.165) is 12.8 Å². The van der Waals surface area contributed by atoms with Crippen molar-refractivity contribution in [3.8, 4) is 0 Å². The third-order valence-electron chi connectivity index (χ3n) is 3.51. The lowest BCUT2D eigenvalue weighted by molar-refractivity contribution is -0.125. The summed E-state index contributed by atoms with van der Waals surface area (Å²) < 4.78 is 6.05. The summed E-state index contributed by atoms with van der Waals surface area (Å²) in [4.78, 5) is 11.8. The molecule has 0 fully saturated rings. The molecule has 0 amide bonds. The standard InChI is InChI=1S/C13H28O2Si/c1-8-9-10-12(14)11(2)15-16(6,7)13(3,4)5/h11H,8-10H2,1-7H3/t11-/m0/s1. The van der Waals surface area contributed by atoms with Crippen LogP contribution in [0.4, 0.5) is 0 Å². The first-order chi connectivity index (χ1) is 7.12. The Morgan fingerprint density at radius 1 is 1.31 bits per heavy atom. The Balaban J connectivity index is 4.33. The highest BCUT2D eigenvalue weighted by molar-refractivity contribution is 6.74. The maximum Gasteiger partial charge on any atom is 0.193 e. The third kappa shape index (κ3) is 4.79. The first-order valence-corrected chi connectivity index (χ1v) is 9.23. The second kappa shape index (κ2) is 5.96. The van der Waals surface area contributed by atoms with E-state index in [9.17, 15) is 4.79 Å². The van der Waals surface area contributed by atoms with Gasteiger partial charge in [-0.1, -0.05) is 34.1 Å². The molecular weight excluding hydrogens is 216 g/mol. The minimum Gasteiger partial charge on any atom is -0.407 e. The summed E-state index contributed by atoms with van der Waals surface area (Å²) in [6.45, 7) is 15.0. The molecular formula is C13H28O2Si. The van der Waals surface area contributed by atoms with E-state index in [1.807, 2.05) is 6.92 Å². The van der Waals surface area contributed by atoms with Crippen molar-refractivity contribution in [1.29, 1.82) is 0 Å². The van der Waals surface area contributed by atoms with Gasteiger partial charge in [-0.2, -0.15) is 0 Å². The minimum atomic E-state index is -1.79. The summed E-state index contributed by atoms with van der Waals surface area (Å²) in [5, 5.41) is 0.173. The highest BCUT2D eigenvalue weighted by Gasteiger charge is 2.39. The van der Waals surface area contributed by atoms with Gasteiger partial charge in [0, 0.05) is 6.42 Å². The molecule has 2 nitrogen and oxygen atoms in total. The van der Waals surface area contributed by atoms with Crippen molar-refractivity contribution in [1.82, 2.24) is 0 Å².